The smallest absolute Gasteiger partial charge is 0.221 e. The summed E-state index contributed by atoms with van der Waals surface area (Å²) < 4.78 is 12.9. The van der Waals surface area contributed by atoms with Gasteiger partial charge in [0.25, 0.3) is 0 Å². The van der Waals surface area contributed by atoms with E-state index < -0.39 is 0 Å². The van der Waals surface area contributed by atoms with Crippen LogP contribution in [0.3, 0.4) is 0 Å². The second kappa shape index (κ2) is 3.75. The van der Waals surface area contributed by atoms with Crippen LogP contribution in [0.4, 0.5) is 10.1 Å². The number of carbonyl (C=O) groups excluding carboxylic acids is 1. The van der Waals surface area contributed by atoms with Gasteiger partial charge in [-0.15, -0.1) is 0 Å². The summed E-state index contributed by atoms with van der Waals surface area (Å²) in [6, 6.07) is 2.68. The van der Waals surface area contributed by atoms with Crippen LogP contribution in [0.1, 0.15) is 12.5 Å². The van der Waals surface area contributed by atoms with Crippen LogP contribution in [0.15, 0.2) is 12.1 Å². The Bertz CT molecular complexity index is 352. The zero-order valence-corrected chi connectivity index (χ0v) is 8.07. The van der Waals surface area contributed by atoms with Gasteiger partial charge in [0.15, 0.2) is 0 Å². The molecule has 0 aliphatic rings. The van der Waals surface area contributed by atoms with Crippen molar-refractivity contribution in [2.75, 3.05) is 5.32 Å². The van der Waals surface area contributed by atoms with Crippen molar-refractivity contribution >= 4 is 23.2 Å². The summed E-state index contributed by atoms with van der Waals surface area (Å²) in [4.78, 5) is 10.7. The maximum absolute atomic E-state index is 12.9. The number of benzene rings is 1. The van der Waals surface area contributed by atoms with E-state index in [4.69, 9.17) is 11.6 Å². The molecule has 0 radical (unpaired) electrons. The predicted octanol–water partition coefficient (Wildman–Crippen LogP) is 2.75. The molecule has 2 nitrogen and oxygen atoms in total. The standard InChI is InChI=1S/C9H9ClFNO/c1-5-3-9(12-6(2)13)7(10)4-8(5)11/h3-4H,1-2H3,(H,12,13). The lowest BCUT2D eigenvalue weighted by molar-refractivity contribution is -0.114. The summed E-state index contributed by atoms with van der Waals surface area (Å²) in [6.45, 7) is 2.98. The molecule has 1 amide bonds. The Kier molecular flexibility index (Phi) is 2.88. The monoisotopic (exact) mass is 201 g/mol. The largest absolute Gasteiger partial charge is 0.325 e. The van der Waals surface area contributed by atoms with Gasteiger partial charge >= 0.3 is 0 Å². The van der Waals surface area contributed by atoms with Crippen LogP contribution in [0.5, 0.6) is 0 Å². The third-order valence-electron chi connectivity index (χ3n) is 1.56. The predicted molar refractivity (Wildman–Crippen MR) is 50.5 cm³/mol. The Balaban J connectivity index is 3.08. The second-order valence-electron chi connectivity index (χ2n) is 2.76. The molecular weight excluding hydrogens is 193 g/mol. The number of hydrogen-bond acceptors (Lipinski definition) is 1. The minimum absolute atomic E-state index is 0.207. The van der Waals surface area contributed by atoms with Crippen LogP contribution in [-0.4, -0.2) is 5.91 Å². The van der Waals surface area contributed by atoms with Crippen LogP contribution in [-0.2, 0) is 4.79 Å². The van der Waals surface area contributed by atoms with Gasteiger partial charge in [-0.2, -0.15) is 0 Å². The van der Waals surface area contributed by atoms with Crippen molar-refractivity contribution in [1.29, 1.82) is 0 Å². The minimum Gasteiger partial charge on any atom is -0.325 e. The summed E-state index contributed by atoms with van der Waals surface area (Å²) in [5, 5.41) is 2.71. The van der Waals surface area contributed by atoms with E-state index >= 15 is 0 Å². The van der Waals surface area contributed by atoms with Crippen molar-refractivity contribution in [3.8, 4) is 0 Å². The summed E-state index contributed by atoms with van der Waals surface area (Å²) in [5.41, 5.74) is 0.890. The van der Waals surface area contributed by atoms with E-state index in [0.717, 1.165) is 0 Å². The third kappa shape index (κ3) is 2.42. The van der Waals surface area contributed by atoms with E-state index in [0.29, 0.717) is 11.3 Å². The second-order valence-corrected chi connectivity index (χ2v) is 3.17. The summed E-state index contributed by atoms with van der Waals surface area (Å²) in [6.07, 6.45) is 0. The Morgan fingerprint density at radius 1 is 1.54 bits per heavy atom. The van der Waals surface area contributed by atoms with Gasteiger partial charge in [-0.1, -0.05) is 11.6 Å². The molecule has 1 aromatic rings. The SMILES string of the molecule is CC(=O)Nc1cc(C)c(F)cc1Cl. The summed E-state index contributed by atoms with van der Waals surface area (Å²) in [5.74, 6) is -0.605. The molecule has 1 aromatic carbocycles. The highest BCUT2D eigenvalue weighted by Crippen LogP contribution is 2.24. The van der Waals surface area contributed by atoms with Gasteiger partial charge < -0.3 is 5.32 Å². The molecule has 13 heavy (non-hydrogen) atoms. The van der Waals surface area contributed by atoms with E-state index in [1.165, 1.54) is 19.1 Å². The normalized spacial score (nSPS) is 9.85. The number of carbonyl (C=O) groups is 1. The first-order valence-corrected chi connectivity index (χ1v) is 4.11. The van der Waals surface area contributed by atoms with Crippen molar-refractivity contribution in [1.82, 2.24) is 0 Å². The highest BCUT2D eigenvalue weighted by atomic mass is 35.5. The molecule has 0 aliphatic carbocycles. The molecule has 0 bridgehead atoms. The molecule has 4 heteroatoms. The number of anilines is 1. The van der Waals surface area contributed by atoms with Gasteiger partial charge in [-0.3, -0.25) is 4.79 Å². The molecule has 1 rings (SSSR count). The lowest BCUT2D eigenvalue weighted by Gasteiger charge is -2.06. The number of rotatable bonds is 1. The Labute approximate surface area is 80.7 Å². The molecule has 1 N–H and O–H groups in total. The first-order chi connectivity index (χ1) is 6.00. The molecule has 0 atom stereocenters. The molecule has 0 aromatic heterocycles. The average Bonchev–Trinajstić information content (AvgIpc) is 1.99. The molecule has 0 unspecified atom stereocenters. The molecule has 0 saturated carbocycles. The van der Waals surface area contributed by atoms with Gasteiger partial charge in [0, 0.05) is 6.92 Å². The first kappa shape index (κ1) is 9.99. The Hall–Kier alpha value is -1.09. The van der Waals surface area contributed by atoms with E-state index in [9.17, 15) is 9.18 Å². The highest BCUT2D eigenvalue weighted by Gasteiger charge is 2.06. The van der Waals surface area contributed by atoms with Crippen molar-refractivity contribution in [3.05, 3.63) is 28.5 Å². The van der Waals surface area contributed by atoms with Crippen LogP contribution in [0, 0.1) is 12.7 Å². The van der Waals surface area contributed by atoms with Gasteiger partial charge in [0.05, 0.1) is 10.7 Å². The lowest BCUT2D eigenvalue weighted by atomic mass is 10.2. The van der Waals surface area contributed by atoms with Gasteiger partial charge in [-0.05, 0) is 24.6 Å². The molecule has 0 saturated heterocycles. The first-order valence-electron chi connectivity index (χ1n) is 3.74. The van der Waals surface area contributed by atoms with Crippen LogP contribution >= 0.6 is 11.6 Å². The Morgan fingerprint density at radius 3 is 2.69 bits per heavy atom. The molecule has 0 heterocycles. The van der Waals surface area contributed by atoms with Gasteiger partial charge in [-0.25, -0.2) is 4.39 Å². The molecular formula is C9H9ClFNO. The summed E-state index contributed by atoms with van der Waals surface area (Å²) >= 11 is 5.69. The lowest BCUT2D eigenvalue weighted by Crippen LogP contribution is -2.06. The molecule has 0 aliphatic heterocycles. The zero-order chi connectivity index (χ0) is 10.0. The molecule has 0 spiro atoms. The van der Waals surface area contributed by atoms with Crippen molar-refractivity contribution in [3.63, 3.8) is 0 Å². The number of nitrogens with one attached hydrogen (secondary N) is 1. The van der Waals surface area contributed by atoms with Crippen molar-refractivity contribution in [2.24, 2.45) is 0 Å². The maximum Gasteiger partial charge on any atom is 0.221 e. The van der Waals surface area contributed by atoms with Crippen molar-refractivity contribution in [2.45, 2.75) is 13.8 Å². The number of hydrogen-bond donors (Lipinski definition) is 1. The molecule has 70 valence electrons. The van der Waals surface area contributed by atoms with E-state index in [1.807, 2.05) is 0 Å². The van der Waals surface area contributed by atoms with Crippen LogP contribution < -0.4 is 5.32 Å². The fraction of sp³-hybridized carbons (Fsp3) is 0.222. The Morgan fingerprint density at radius 2 is 2.15 bits per heavy atom. The van der Waals surface area contributed by atoms with Crippen molar-refractivity contribution < 1.29 is 9.18 Å². The number of halogens is 2. The third-order valence-corrected chi connectivity index (χ3v) is 1.87. The average molecular weight is 202 g/mol. The van der Waals surface area contributed by atoms with E-state index in [-0.39, 0.29) is 16.7 Å². The van der Waals surface area contributed by atoms with Crippen LogP contribution in [0.2, 0.25) is 5.02 Å². The fourth-order valence-corrected chi connectivity index (χ4v) is 1.14. The number of aryl methyl sites for hydroxylation is 1. The number of amides is 1. The zero-order valence-electron chi connectivity index (χ0n) is 7.32. The summed E-state index contributed by atoms with van der Waals surface area (Å²) in [7, 11) is 0. The van der Waals surface area contributed by atoms with E-state index in [2.05, 4.69) is 5.32 Å². The van der Waals surface area contributed by atoms with Gasteiger partial charge in [0.2, 0.25) is 5.91 Å². The van der Waals surface area contributed by atoms with Gasteiger partial charge in [0.1, 0.15) is 5.82 Å². The fourth-order valence-electron chi connectivity index (χ4n) is 0.943. The molecule has 0 fully saturated rings. The highest BCUT2D eigenvalue weighted by molar-refractivity contribution is 6.33. The minimum atomic E-state index is -0.376. The topological polar surface area (TPSA) is 29.1 Å². The quantitative estimate of drug-likeness (QED) is 0.744. The maximum atomic E-state index is 12.9. The van der Waals surface area contributed by atoms with Crippen LogP contribution in [0.25, 0.3) is 0 Å². The van der Waals surface area contributed by atoms with E-state index in [1.54, 1.807) is 6.92 Å².